The van der Waals surface area contributed by atoms with Crippen molar-refractivity contribution in [2.75, 3.05) is 13.7 Å². The molecule has 4 fully saturated rings. The van der Waals surface area contributed by atoms with E-state index in [1.165, 1.54) is 49.7 Å². The Morgan fingerprint density at radius 2 is 1.58 bits per heavy atom. The Bertz CT molecular complexity index is 843. The summed E-state index contributed by atoms with van der Waals surface area (Å²) in [5.74, 6) is 4.67. The average Bonchev–Trinajstić information content (AvgIpc) is 2.78. The monoisotopic (exact) mass is 419 g/mol. The van der Waals surface area contributed by atoms with Crippen molar-refractivity contribution >= 4 is 0 Å². The van der Waals surface area contributed by atoms with Gasteiger partial charge in [0, 0.05) is 19.0 Å². The molecule has 1 atom stereocenters. The maximum Gasteiger partial charge on any atom is 0.161 e. The summed E-state index contributed by atoms with van der Waals surface area (Å²) in [6.45, 7) is 3.98. The van der Waals surface area contributed by atoms with Crippen molar-refractivity contribution in [3.8, 4) is 11.5 Å². The predicted molar refractivity (Wildman–Crippen MR) is 126 cm³/mol. The van der Waals surface area contributed by atoms with Gasteiger partial charge in [0.05, 0.1) is 13.7 Å². The van der Waals surface area contributed by atoms with Crippen LogP contribution >= 0.6 is 0 Å². The molecular weight excluding hydrogens is 382 g/mol. The summed E-state index contributed by atoms with van der Waals surface area (Å²) in [5, 5.41) is 3.90. The molecule has 0 aliphatic heterocycles. The lowest BCUT2D eigenvalue weighted by Gasteiger charge is -2.59. The largest absolute Gasteiger partial charge is 0.493 e. The average molecular weight is 420 g/mol. The summed E-state index contributed by atoms with van der Waals surface area (Å²) in [6.07, 6.45) is 9.77. The summed E-state index contributed by atoms with van der Waals surface area (Å²) < 4.78 is 11.7. The number of nitrogens with one attached hydrogen (secondary N) is 1. The van der Waals surface area contributed by atoms with Crippen LogP contribution in [-0.2, 0) is 13.0 Å². The van der Waals surface area contributed by atoms with Crippen molar-refractivity contribution in [1.82, 2.24) is 5.32 Å². The van der Waals surface area contributed by atoms with E-state index in [4.69, 9.17) is 9.47 Å². The van der Waals surface area contributed by atoms with Crippen LogP contribution in [0.2, 0.25) is 0 Å². The van der Waals surface area contributed by atoms with Crippen LogP contribution in [-0.4, -0.2) is 19.8 Å². The molecular formula is C28H37NO2. The lowest BCUT2D eigenvalue weighted by atomic mass is 9.48. The molecule has 0 saturated heterocycles. The van der Waals surface area contributed by atoms with Gasteiger partial charge in [0.1, 0.15) is 0 Å². The van der Waals surface area contributed by atoms with Gasteiger partial charge in [-0.05, 0) is 91.9 Å². The summed E-state index contributed by atoms with van der Waals surface area (Å²) in [5.41, 5.74) is 3.10. The first-order valence-corrected chi connectivity index (χ1v) is 12.2. The molecule has 0 radical (unpaired) electrons. The molecule has 3 heteroatoms. The second-order valence-electron chi connectivity index (χ2n) is 10.5. The molecule has 4 aliphatic carbocycles. The molecule has 0 spiro atoms. The van der Waals surface area contributed by atoms with Crippen molar-refractivity contribution in [3.63, 3.8) is 0 Å². The van der Waals surface area contributed by atoms with E-state index in [-0.39, 0.29) is 0 Å². The fourth-order valence-electron chi connectivity index (χ4n) is 7.06. The van der Waals surface area contributed by atoms with Gasteiger partial charge >= 0.3 is 0 Å². The number of rotatable bonds is 9. The van der Waals surface area contributed by atoms with Gasteiger partial charge in [-0.1, -0.05) is 36.4 Å². The van der Waals surface area contributed by atoms with E-state index in [1.54, 1.807) is 7.11 Å². The van der Waals surface area contributed by atoms with Gasteiger partial charge in [0.2, 0.25) is 0 Å². The number of hydrogen-bond acceptors (Lipinski definition) is 3. The minimum atomic E-state index is 0.541. The van der Waals surface area contributed by atoms with E-state index in [0.717, 1.165) is 42.2 Å². The summed E-state index contributed by atoms with van der Waals surface area (Å²) in [6, 6.07) is 17.4. The van der Waals surface area contributed by atoms with E-state index >= 15 is 0 Å². The van der Waals surface area contributed by atoms with Gasteiger partial charge in [-0.25, -0.2) is 0 Å². The van der Waals surface area contributed by atoms with E-state index in [2.05, 4.69) is 54.7 Å². The van der Waals surface area contributed by atoms with Crippen LogP contribution in [0.3, 0.4) is 0 Å². The molecule has 4 aliphatic rings. The lowest BCUT2D eigenvalue weighted by Crippen LogP contribution is -2.54. The summed E-state index contributed by atoms with van der Waals surface area (Å²) in [4.78, 5) is 0. The number of ether oxygens (including phenoxy) is 2. The molecule has 4 saturated carbocycles. The molecule has 0 unspecified atom stereocenters. The minimum Gasteiger partial charge on any atom is -0.493 e. The molecule has 6 rings (SSSR count). The molecule has 1 N–H and O–H groups in total. The van der Waals surface area contributed by atoms with Crippen molar-refractivity contribution in [2.24, 2.45) is 23.2 Å². The van der Waals surface area contributed by atoms with E-state index < -0.39 is 0 Å². The van der Waals surface area contributed by atoms with Crippen molar-refractivity contribution in [2.45, 2.75) is 64.5 Å². The zero-order chi connectivity index (χ0) is 21.3. The highest BCUT2D eigenvalue weighted by Crippen LogP contribution is 2.61. The lowest BCUT2D eigenvalue weighted by molar-refractivity contribution is -0.0706. The van der Waals surface area contributed by atoms with E-state index in [1.807, 2.05) is 6.07 Å². The zero-order valence-corrected chi connectivity index (χ0v) is 19.1. The van der Waals surface area contributed by atoms with E-state index in [9.17, 15) is 0 Å². The highest BCUT2D eigenvalue weighted by atomic mass is 16.5. The van der Waals surface area contributed by atoms with Crippen LogP contribution in [0.15, 0.2) is 48.5 Å². The first-order valence-electron chi connectivity index (χ1n) is 12.2. The molecule has 2 aromatic carbocycles. The fraction of sp³-hybridized carbons (Fsp3) is 0.571. The Labute approximate surface area is 187 Å². The second-order valence-corrected chi connectivity index (χ2v) is 10.5. The van der Waals surface area contributed by atoms with Crippen LogP contribution in [0, 0.1) is 23.2 Å². The summed E-state index contributed by atoms with van der Waals surface area (Å²) >= 11 is 0. The maximum atomic E-state index is 6.03. The first kappa shape index (κ1) is 20.9. The smallest absolute Gasteiger partial charge is 0.161 e. The molecule has 0 heterocycles. The molecule has 4 bridgehead atoms. The van der Waals surface area contributed by atoms with Gasteiger partial charge in [0.15, 0.2) is 11.5 Å². The topological polar surface area (TPSA) is 30.5 Å². The molecule has 0 aromatic heterocycles. The maximum absolute atomic E-state index is 6.03. The van der Waals surface area contributed by atoms with Crippen LogP contribution < -0.4 is 14.8 Å². The Kier molecular flexibility index (Phi) is 5.97. The van der Waals surface area contributed by atoms with Crippen molar-refractivity contribution < 1.29 is 9.47 Å². The van der Waals surface area contributed by atoms with Gasteiger partial charge < -0.3 is 14.8 Å². The number of benzene rings is 2. The minimum absolute atomic E-state index is 0.541. The standard InChI is InChI=1S/C28H37NO2/c1-20(28-16-23-12-24(17-28)14-25(13-23)18-28)29-19-22-8-9-26(27(15-22)30-2)31-11-10-21-6-4-3-5-7-21/h3-9,15,20,23-25,29H,10-14,16-19H2,1-2H3/t20-,23?,24?,25?,28?/m1/s1. The van der Waals surface area contributed by atoms with Gasteiger partial charge in [-0.2, -0.15) is 0 Å². The Balaban J connectivity index is 1.17. The highest BCUT2D eigenvalue weighted by Gasteiger charge is 2.52. The van der Waals surface area contributed by atoms with Gasteiger partial charge in [0.25, 0.3) is 0 Å². The Morgan fingerprint density at radius 3 is 2.23 bits per heavy atom. The fourth-order valence-corrected chi connectivity index (χ4v) is 7.06. The quantitative estimate of drug-likeness (QED) is 0.540. The number of hydrogen-bond donors (Lipinski definition) is 1. The third-order valence-corrected chi connectivity index (χ3v) is 8.34. The Morgan fingerprint density at radius 1 is 0.903 bits per heavy atom. The predicted octanol–water partition coefficient (Wildman–Crippen LogP) is 6.01. The highest BCUT2D eigenvalue weighted by molar-refractivity contribution is 5.43. The number of methoxy groups -OCH3 is 1. The normalized spacial score (nSPS) is 29.7. The van der Waals surface area contributed by atoms with Crippen LogP contribution in [0.5, 0.6) is 11.5 Å². The van der Waals surface area contributed by atoms with Gasteiger partial charge in [-0.3, -0.25) is 0 Å². The first-order chi connectivity index (χ1) is 15.1. The second kappa shape index (κ2) is 8.86. The summed E-state index contributed by atoms with van der Waals surface area (Å²) in [7, 11) is 1.73. The zero-order valence-electron chi connectivity index (χ0n) is 19.1. The molecule has 31 heavy (non-hydrogen) atoms. The molecule has 0 amide bonds. The molecule has 2 aromatic rings. The van der Waals surface area contributed by atoms with Crippen LogP contribution in [0.25, 0.3) is 0 Å². The van der Waals surface area contributed by atoms with Crippen molar-refractivity contribution in [3.05, 3.63) is 59.7 Å². The third kappa shape index (κ3) is 4.48. The van der Waals surface area contributed by atoms with Crippen LogP contribution in [0.4, 0.5) is 0 Å². The third-order valence-electron chi connectivity index (χ3n) is 8.34. The van der Waals surface area contributed by atoms with E-state index in [0.29, 0.717) is 18.1 Å². The molecule has 166 valence electrons. The molecule has 3 nitrogen and oxygen atoms in total. The van der Waals surface area contributed by atoms with Crippen molar-refractivity contribution in [1.29, 1.82) is 0 Å². The SMILES string of the molecule is COc1cc(CN[C@H](C)C23CC4CC(CC(C4)C2)C3)ccc1OCCc1ccccc1. The Hall–Kier alpha value is -2.00. The van der Waals surface area contributed by atoms with Crippen LogP contribution in [0.1, 0.15) is 56.6 Å². The van der Waals surface area contributed by atoms with Gasteiger partial charge in [-0.15, -0.1) is 0 Å².